The van der Waals surface area contributed by atoms with Crippen molar-refractivity contribution in [2.24, 2.45) is 0 Å². The molecule has 0 unspecified atom stereocenters. The fourth-order valence-corrected chi connectivity index (χ4v) is 10.9. The minimum Gasteiger partial charge on any atom is -0.0622 e. The summed E-state index contributed by atoms with van der Waals surface area (Å²) in [6, 6.07) is 64.2. The molecule has 0 heteroatoms. The second-order valence-corrected chi connectivity index (χ2v) is 16.5. The maximum atomic E-state index is 2.46. The number of aryl methyl sites for hydroxylation is 4. The molecule has 0 fully saturated rings. The van der Waals surface area contributed by atoms with Gasteiger partial charge in [0.1, 0.15) is 0 Å². The fourth-order valence-electron chi connectivity index (χ4n) is 10.9. The quantitative estimate of drug-likeness (QED) is 0.158. The zero-order valence-corrected chi connectivity index (χ0v) is 33.2. The van der Waals surface area contributed by atoms with Crippen LogP contribution < -0.4 is 0 Å². The Bertz CT molecular complexity index is 3340. The molecule has 0 aromatic heterocycles. The molecule has 0 saturated heterocycles. The third-order valence-corrected chi connectivity index (χ3v) is 13.2. The zero-order chi connectivity index (χ0) is 38.8. The van der Waals surface area contributed by atoms with E-state index in [-0.39, 0.29) is 0 Å². The van der Waals surface area contributed by atoms with E-state index in [1.54, 1.807) is 0 Å². The van der Waals surface area contributed by atoms with Crippen LogP contribution in [0.4, 0.5) is 0 Å². The largest absolute Gasteiger partial charge is 0.0622 e. The SMILES string of the molecule is Cc1cccc(C)c1-c1ccc2c(c1)c1cccc3c4c(-c5ccccc5)c5c6ccc(-c7c(C)cccc7C)cc6c6cccc(c4c(-c4ccccc4)c2c13)c65. The van der Waals surface area contributed by atoms with E-state index in [0.29, 0.717) is 0 Å². The Hall–Kier alpha value is -7.02. The number of hydrogen-bond donors (Lipinski definition) is 0. The minimum atomic E-state index is 1.25. The standard InChI is InChI=1S/C58H40/c1-33-15-11-16-34(2)49(33)39-27-29-43-47(31-39)41-23-13-25-45-53(41)55(43)51(37-19-7-5-8-20-37)58-46-26-14-24-42-48-32-40(50-35(3)17-12-18-36(50)4)28-30-44(48)56(54(42)46)52(57(45)58)38-21-9-6-10-22-38/h5-32H,1-4H3. The van der Waals surface area contributed by atoms with Gasteiger partial charge in [0, 0.05) is 0 Å². The first-order chi connectivity index (χ1) is 28.5. The van der Waals surface area contributed by atoms with Crippen LogP contribution in [0.2, 0.25) is 0 Å². The molecule has 0 nitrogen and oxygen atoms in total. The van der Waals surface area contributed by atoms with Crippen molar-refractivity contribution in [3.05, 3.63) is 192 Å². The first-order valence-electron chi connectivity index (χ1n) is 20.5. The maximum absolute atomic E-state index is 2.46. The lowest BCUT2D eigenvalue weighted by molar-refractivity contribution is 1.38. The summed E-state index contributed by atoms with van der Waals surface area (Å²) in [5.41, 5.74) is 15.6. The van der Waals surface area contributed by atoms with E-state index in [4.69, 9.17) is 0 Å². The lowest BCUT2D eigenvalue weighted by Gasteiger charge is -2.20. The van der Waals surface area contributed by atoms with Gasteiger partial charge in [-0.05, 0) is 182 Å². The van der Waals surface area contributed by atoms with Crippen LogP contribution in [-0.2, 0) is 0 Å². The van der Waals surface area contributed by atoms with Gasteiger partial charge in [0.15, 0.2) is 0 Å². The Morgan fingerprint density at radius 2 is 0.534 bits per heavy atom. The molecule has 12 rings (SSSR count). The van der Waals surface area contributed by atoms with E-state index in [0.717, 1.165) is 0 Å². The Morgan fingerprint density at radius 1 is 0.207 bits per heavy atom. The maximum Gasteiger partial charge on any atom is -0.000718 e. The van der Waals surface area contributed by atoms with Gasteiger partial charge < -0.3 is 0 Å². The van der Waals surface area contributed by atoms with E-state index >= 15 is 0 Å². The molecule has 0 atom stereocenters. The van der Waals surface area contributed by atoms with Crippen molar-refractivity contribution in [1.82, 2.24) is 0 Å². The molecule has 58 heavy (non-hydrogen) atoms. The highest BCUT2D eigenvalue weighted by Gasteiger charge is 2.28. The molecule has 0 aliphatic heterocycles. The summed E-state index contributed by atoms with van der Waals surface area (Å²) in [6.07, 6.45) is 0. The van der Waals surface area contributed by atoms with Crippen molar-refractivity contribution in [1.29, 1.82) is 0 Å². The third kappa shape index (κ3) is 4.46. The molecular weight excluding hydrogens is 697 g/mol. The average molecular weight is 737 g/mol. The molecule has 0 bridgehead atoms. The number of hydrogen-bond acceptors (Lipinski definition) is 0. The van der Waals surface area contributed by atoms with E-state index < -0.39 is 0 Å². The third-order valence-electron chi connectivity index (χ3n) is 13.2. The van der Waals surface area contributed by atoms with Crippen molar-refractivity contribution < 1.29 is 0 Å². The average Bonchev–Trinajstić information content (AvgIpc) is 3.75. The van der Waals surface area contributed by atoms with Crippen LogP contribution in [0.25, 0.3) is 120 Å². The molecule has 0 saturated carbocycles. The summed E-state index contributed by atoms with van der Waals surface area (Å²) in [7, 11) is 0. The van der Waals surface area contributed by atoms with Gasteiger partial charge in [-0.25, -0.2) is 0 Å². The molecule has 0 radical (unpaired) electrons. The molecule has 0 heterocycles. The normalized spacial score (nSPS) is 12.1. The smallest absolute Gasteiger partial charge is 0.000718 e. The molecule has 0 N–H and O–H groups in total. The van der Waals surface area contributed by atoms with Gasteiger partial charge in [0.2, 0.25) is 0 Å². The van der Waals surface area contributed by atoms with Gasteiger partial charge in [-0.15, -0.1) is 0 Å². The lowest BCUT2D eigenvalue weighted by atomic mass is 9.82. The second kappa shape index (κ2) is 12.2. The fraction of sp³-hybridized carbons (Fsp3) is 0.0690. The van der Waals surface area contributed by atoms with Gasteiger partial charge in [-0.3, -0.25) is 0 Å². The summed E-state index contributed by atoms with van der Waals surface area (Å²) in [5, 5.41) is 18.6. The second-order valence-electron chi connectivity index (χ2n) is 16.5. The van der Waals surface area contributed by atoms with Gasteiger partial charge in [0.25, 0.3) is 0 Å². The van der Waals surface area contributed by atoms with Gasteiger partial charge >= 0.3 is 0 Å². The van der Waals surface area contributed by atoms with Crippen molar-refractivity contribution in [3.63, 3.8) is 0 Å². The first kappa shape index (κ1) is 33.2. The first-order valence-corrected chi connectivity index (χ1v) is 20.5. The van der Waals surface area contributed by atoms with E-state index in [2.05, 4.69) is 198 Å². The Balaban J connectivity index is 1.33. The van der Waals surface area contributed by atoms with Crippen LogP contribution in [0.5, 0.6) is 0 Å². The Kier molecular flexibility index (Phi) is 7.00. The summed E-state index contributed by atoms with van der Waals surface area (Å²) < 4.78 is 0. The number of fused-ring (bicyclic) bond motifs is 9. The van der Waals surface area contributed by atoms with E-state index in [9.17, 15) is 0 Å². The molecular formula is C58H40. The predicted molar refractivity (Wildman–Crippen MR) is 252 cm³/mol. The lowest BCUT2D eigenvalue weighted by Crippen LogP contribution is -1.92. The molecule has 12 aromatic rings. The molecule has 272 valence electrons. The topological polar surface area (TPSA) is 0 Å². The van der Waals surface area contributed by atoms with Crippen LogP contribution >= 0.6 is 0 Å². The summed E-state index contributed by atoms with van der Waals surface area (Å²) >= 11 is 0. The van der Waals surface area contributed by atoms with Crippen LogP contribution in [0.1, 0.15) is 22.3 Å². The van der Waals surface area contributed by atoms with Gasteiger partial charge in [-0.1, -0.05) is 158 Å². The summed E-state index contributed by atoms with van der Waals surface area (Å²) in [6.45, 7) is 8.94. The van der Waals surface area contributed by atoms with Gasteiger partial charge in [-0.2, -0.15) is 0 Å². The van der Waals surface area contributed by atoms with E-state index in [1.807, 2.05) is 0 Å². The van der Waals surface area contributed by atoms with Crippen LogP contribution in [0.3, 0.4) is 0 Å². The van der Waals surface area contributed by atoms with Gasteiger partial charge in [0.05, 0.1) is 0 Å². The van der Waals surface area contributed by atoms with E-state index in [1.165, 1.54) is 142 Å². The number of rotatable bonds is 4. The minimum absolute atomic E-state index is 1.25. The van der Waals surface area contributed by atoms with Crippen molar-refractivity contribution in [2.75, 3.05) is 0 Å². The predicted octanol–water partition coefficient (Wildman–Crippen LogP) is 16.5. The molecule has 0 aliphatic rings. The van der Waals surface area contributed by atoms with Crippen LogP contribution in [-0.4, -0.2) is 0 Å². The molecule has 0 spiro atoms. The molecule has 0 amide bonds. The highest BCUT2D eigenvalue weighted by atomic mass is 14.3. The monoisotopic (exact) mass is 736 g/mol. The molecule has 12 aromatic carbocycles. The molecule has 0 aliphatic carbocycles. The Labute approximate surface area is 338 Å². The van der Waals surface area contributed by atoms with Crippen molar-refractivity contribution in [2.45, 2.75) is 27.7 Å². The van der Waals surface area contributed by atoms with Crippen molar-refractivity contribution >= 4 is 75.4 Å². The van der Waals surface area contributed by atoms with Crippen molar-refractivity contribution in [3.8, 4) is 44.5 Å². The van der Waals surface area contributed by atoms with Crippen LogP contribution in [0, 0.1) is 27.7 Å². The number of benzene rings is 10. The Morgan fingerprint density at radius 3 is 0.931 bits per heavy atom. The summed E-state index contributed by atoms with van der Waals surface area (Å²) in [4.78, 5) is 0. The summed E-state index contributed by atoms with van der Waals surface area (Å²) in [5.74, 6) is 0. The zero-order valence-electron chi connectivity index (χ0n) is 33.2. The highest BCUT2D eigenvalue weighted by Crippen LogP contribution is 2.56. The highest BCUT2D eigenvalue weighted by molar-refractivity contribution is 6.48. The van der Waals surface area contributed by atoms with Crippen LogP contribution in [0.15, 0.2) is 170 Å².